The number of nitrogens with zero attached hydrogens (tertiary/aromatic N) is 2. The van der Waals surface area contributed by atoms with Crippen molar-refractivity contribution in [3.8, 4) is 6.07 Å². The molecule has 0 saturated carbocycles. The lowest BCUT2D eigenvalue weighted by Crippen LogP contribution is -2.01. The van der Waals surface area contributed by atoms with Gasteiger partial charge in [-0.1, -0.05) is 15.9 Å². The van der Waals surface area contributed by atoms with Crippen LogP contribution in [0.1, 0.15) is 0 Å². The highest BCUT2D eigenvalue weighted by Gasteiger charge is 1.90. The highest BCUT2D eigenvalue weighted by molar-refractivity contribution is 9.09. The van der Waals surface area contributed by atoms with Gasteiger partial charge >= 0.3 is 0 Å². The normalized spacial score (nSPS) is 12.9. The Labute approximate surface area is 68.4 Å². The molecule has 0 aromatic carbocycles. The highest BCUT2D eigenvalue weighted by atomic mass is 79.9. The Bertz CT molecular complexity index is 200. The van der Waals surface area contributed by atoms with Gasteiger partial charge in [-0.25, -0.2) is 0 Å². The smallest absolute Gasteiger partial charge is 0.136 e. The van der Waals surface area contributed by atoms with E-state index in [4.69, 9.17) is 11.0 Å². The van der Waals surface area contributed by atoms with Gasteiger partial charge in [-0.05, 0) is 6.08 Å². The Morgan fingerprint density at radius 3 is 2.80 bits per heavy atom. The topological polar surface area (TPSA) is 62.2 Å². The molecule has 0 aromatic heterocycles. The second-order valence-corrected chi connectivity index (χ2v) is 2.13. The van der Waals surface area contributed by atoms with Gasteiger partial charge in [-0.15, -0.1) is 0 Å². The predicted molar refractivity (Wildman–Crippen MR) is 45.0 cm³/mol. The van der Waals surface area contributed by atoms with Crippen molar-refractivity contribution in [3.05, 3.63) is 11.8 Å². The van der Waals surface area contributed by atoms with Gasteiger partial charge in [0.05, 0.1) is 0 Å². The number of halogens is 1. The summed E-state index contributed by atoms with van der Waals surface area (Å²) in [6.45, 7) is 0. The Morgan fingerprint density at radius 1 is 1.90 bits per heavy atom. The maximum absolute atomic E-state index is 8.37. The first-order valence-electron chi connectivity index (χ1n) is 2.63. The quantitative estimate of drug-likeness (QED) is 0.532. The molecule has 10 heavy (non-hydrogen) atoms. The summed E-state index contributed by atoms with van der Waals surface area (Å²) in [6.07, 6.45) is 1.54. The molecule has 54 valence electrons. The molecule has 0 heterocycles. The zero-order chi connectivity index (χ0) is 7.98. The van der Waals surface area contributed by atoms with E-state index in [1.54, 1.807) is 7.05 Å². The summed E-state index contributed by atoms with van der Waals surface area (Å²) in [4.78, 5) is 3.67. The monoisotopic (exact) mass is 201 g/mol. The first kappa shape index (κ1) is 9.18. The number of hydrogen-bond donors (Lipinski definition) is 1. The van der Waals surface area contributed by atoms with Crippen LogP contribution in [-0.4, -0.2) is 18.1 Å². The number of hydrogen-bond acceptors (Lipinski definition) is 3. The first-order valence-corrected chi connectivity index (χ1v) is 3.75. The lowest BCUT2D eigenvalue weighted by Gasteiger charge is -1.90. The lowest BCUT2D eigenvalue weighted by atomic mass is 10.3. The summed E-state index contributed by atoms with van der Waals surface area (Å²) in [5.74, 6) is 0. The maximum atomic E-state index is 8.37. The Balaban J connectivity index is 4.27. The molecule has 2 N–H and O–H groups in total. The van der Waals surface area contributed by atoms with Gasteiger partial charge in [0.1, 0.15) is 11.8 Å². The van der Waals surface area contributed by atoms with Crippen LogP contribution in [0.5, 0.6) is 0 Å². The van der Waals surface area contributed by atoms with Crippen molar-refractivity contribution in [2.24, 2.45) is 10.7 Å². The summed E-state index contributed by atoms with van der Waals surface area (Å²) >= 11 is 3.14. The molecule has 0 spiro atoms. The largest absolute Gasteiger partial charge is 0.401 e. The summed E-state index contributed by atoms with van der Waals surface area (Å²) in [5.41, 5.74) is 6.35. The van der Waals surface area contributed by atoms with Gasteiger partial charge in [0.25, 0.3) is 0 Å². The van der Waals surface area contributed by atoms with Gasteiger partial charge in [-0.2, -0.15) is 5.26 Å². The van der Waals surface area contributed by atoms with Crippen LogP contribution >= 0.6 is 15.9 Å². The molecule has 0 unspecified atom stereocenters. The minimum Gasteiger partial charge on any atom is -0.401 e. The van der Waals surface area contributed by atoms with E-state index in [0.717, 1.165) is 0 Å². The van der Waals surface area contributed by atoms with Crippen LogP contribution in [-0.2, 0) is 0 Å². The molecule has 0 aliphatic heterocycles. The molecule has 0 amide bonds. The number of aliphatic imine (C=N–C) groups is 1. The van der Waals surface area contributed by atoms with Crippen molar-refractivity contribution in [2.75, 3.05) is 12.4 Å². The molecule has 0 aromatic rings. The van der Waals surface area contributed by atoms with Crippen LogP contribution in [0, 0.1) is 11.3 Å². The fourth-order valence-corrected chi connectivity index (χ4v) is 0.523. The molecule has 0 aliphatic carbocycles. The number of allylic oxidation sites excluding steroid dienone is 2. The highest BCUT2D eigenvalue weighted by Crippen LogP contribution is 1.91. The molecule has 0 bridgehead atoms. The summed E-state index contributed by atoms with van der Waals surface area (Å²) < 4.78 is 0. The molecule has 0 fully saturated rings. The first-order chi connectivity index (χ1) is 4.74. The van der Waals surface area contributed by atoms with Gasteiger partial charge in [0.15, 0.2) is 0 Å². The zero-order valence-corrected chi connectivity index (χ0v) is 7.22. The summed E-state index contributed by atoms with van der Waals surface area (Å²) in [7, 11) is 1.55. The molecular weight excluding hydrogens is 194 g/mol. The van der Waals surface area contributed by atoms with Crippen molar-refractivity contribution in [3.63, 3.8) is 0 Å². The van der Waals surface area contributed by atoms with Gasteiger partial charge < -0.3 is 5.73 Å². The average molecular weight is 202 g/mol. The third-order valence-electron chi connectivity index (χ3n) is 0.832. The van der Waals surface area contributed by atoms with Crippen molar-refractivity contribution in [1.29, 1.82) is 5.26 Å². The number of alkyl halides is 1. The third-order valence-corrected chi connectivity index (χ3v) is 1.48. The molecule has 3 nitrogen and oxygen atoms in total. The molecule has 4 heteroatoms. The standard InChI is InChI=1S/C6H8BrN3/c1-10-6(4-8)2-5(9)3-7/h2H,3,9H2,1H3/b5-2-,10-6?. The number of nitrogens with two attached hydrogens (primary N) is 1. The second kappa shape index (κ2) is 5.00. The Morgan fingerprint density at radius 2 is 2.50 bits per heavy atom. The Hall–Kier alpha value is -0.820. The van der Waals surface area contributed by atoms with Crippen LogP contribution in [0.15, 0.2) is 16.8 Å². The SMILES string of the molecule is CN=C(C#N)/C=C(\N)CBr. The van der Waals surface area contributed by atoms with E-state index in [1.807, 2.05) is 6.07 Å². The van der Waals surface area contributed by atoms with E-state index >= 15 is 0 Å². The summed E-state index contributed by atoms with van der Waals surface area (Å²) in [5, 5.41) is 8.94. The molecular formula is C6H8BrN3. The van der Waals surface area contributed by atoms with Gasteiger partial charge in [0, 0.05) is 18.1 Å². The maximum Gasteiger partial charge on any atom is 0.136 e. The van der Waals surface area contributed by atoms with Crippen LogP contribution in [0.25, 0.3) is 0 Å². The van der Waals surface area contributed by atoms with Crippen LogP contribution in [0.3, 0.4) is 0 Å². The summed E-state index contributed by atoms with van der Waals surface area (Å²) in [6, 6.07) is 1.89. The fraction of sp³-hybridized carbons (Fsp3) is 0.333. The minimum absolute atomic E-state index is 0.344. The van der Waals surface area contributed by atoms with Crippen LogP contribution in [0.2, 0.25) is 0 Å². The fourth-order valence-electron chi connectivity index (χ4n) is 0.361. The van der Waals surface area contributed by atoms with Crippen molar-refractivity contribution in [2.45, 2.75) is 0 Å². The molecule has 0 rings (SSSR count). The molecule has 0 atom stereocenters. The van der Waals surface area contributed by atoms with E-state index in [1.165, 1.54) is 6.08 Å². The van der Waals surface area contributed by atoms with Crippen molar-refractivity contribution < 1.29 is 0 Å². The number of rotatable bonds is 2. The molecule has 0 aliphatic rings. The van der Waals surface area contributed by atoms with E-state index in [2.05, 4.69) is 20.9 Å². The van der Waals surface area contributed by atoms with E-state index in [9.17, 15) is 0 Å². The van der Waals surface area contributed by atoms with Gasteiger partial charge in [-0.3, -0.25) is 4.99 Å². The minimum atomic E-state index is 0.344. The van der Waals surface area contributed by atoms with Crippen molar-refractivity contribution in [1.82, 2.24) is 0 Å². The third kappa shape index (κ3) is 3.25. The Kier molecular flexibility index (Phi) is 4.59. The predicted octanol–water partition coefficient (Wildman–Crippen LogP) is 0.818. The van der Waals surface area contributed by atoms with Gasteiger partial charge in [0.2, 0.25) is 0 Å². The van der Waals surface area contributed by atoms with Crippen LogP contribution < -0.4 is 5.73 Å². The van der Waals surface area contributed by atoms with Crippen molar-refractivity contribution >= 4 is 21.6 Å². The van der Waals surface area contributed by atoms with E-state index in [0.29, 0.717) is 16.7 Å². The van der Waals surface area contributed by atoms with Crippen LogP contribution in [0.4, 0.5) is 0 Å². The van der Waals surface area contributed by atoms with E-state index < -0.39 is 0 Å². The van der Waals surface area contributed by atoms with E-state index in [-0.39, 0.29) is 0 Å². The lowest BCUT2D eigenvalue weighted by molar-refractivity contribution is 1.34. The average Bonchev–Trinajstić information content (AvgIpc) is 1.99. The number of nitriles is 1. The molecule has 0 radical (unpaired) electrons. The molecule has 0 saturated heterocycles. The second-order valence-electron chi connectivity index (χ2n) is 1.57. The zero-order valence-electron chi connectivity index (χ0n) is 5.63.